The van der Waals surface area contributed by atoms with Gasteiger partial charge in [-0.3, -0.25) is 0 Å². The van der Waals surface area contributed by atoms with Gasteiger partial charge in [0.2, 0.25) is 10.0 Å². The number of halogens is 2. The Morgan fingerprint density at radius 2 is 1.69 bits per heavy atom. The van der Waals surface area contributed by atoms with Crippen molar-refractivity contribution in [3.05, 3.63) is 45.9 Å². The van der Waals surface area contributed by atoms with Gasteiger partial charge in [0.05, 0.1) is 15.6 Å². The van der Waals surface area contributed by atoms with Crippen molar-refractivity contribution in [2.24, 2.45) is 0 Å². The monoisotopic (exact) mass is 469 g/mol. The third kappa shape index (κ3) is 5.13. The number of carbonyl (C=O) groups is 1. The fourth-order valence-corrected chi connectivity index (χ4v) is 3.75. The summed E-state index contributed by atoms with van der Waals surface area (Å²) >= 11 is 9.16. The number of nitrogens with zero attached hydrogens (tertiary/aromatic N) is 1. The second-order valence-electron chi connectivity index (χ2n) is 5.10. The van der Waals surface area contributed by atoms with Crippen LogP contribution < -0.4 is 45.3 Å². The quantitative estimate of drug-likeness (QED) is 0.618. The Hall–Kier alpha value is -0.810. The first-order valence-corrected chi connectivity index (χ1v) is 9.50. The number of benzene rings is 2. The van der Waals surface area contributed by atoms with Gasteiger partial charge in [-0.1, -0.05) is 29.5 Å². The maximum Gasteiger partial charge on any atom is 1.00 e. The number of urea groups is 1. The summed E-state index contributed by atoms with van der Waals surface area (Å²) in [6.45, 7) is 0. The molecule has 0 aliphatic rings. The molecule has 0 saturated heterocycles. The van der Waals surface area contributed by atoms with E-state index in [0.29, 0.717) is 10.2 Å². The fraction of sp³-hybridized carbons (Fsp3) is 0.133. The molecule has 0 aliphatic carbocycles. The van der Waals surface area contributed by atoms with Crippen LogP contribution in [0.25, 0.3) is 0 Å². The van der Waals surface area contributed by atoms with Crippen molar-refractivity contribution < 1.29 is 47.9 Å². The van der Waals surface area contributed by atoms with E-state index in [-0.39, 0.29) is 40.3 Å². The number of anilines is 2. The molecule has 0 aliphatic heterocycles. The molecular weight excluding hydrogens is 457 g/mol. The fourth-order valence-electron chi connectivity index (χ4n) is 1.90. The molecule has 2 amide bonds. The molecule has 0 aromatic heterocycles. The first kappa shape index (κ1) is 23.2. The zero-order chi connectivity index (χ0) is 18.8. The third-order valence-electron chi connectivity index (χ3n) is 3.17. The zero-order valence-electron chi connectivity index (χ0n) is 14.2. The van der Waals surface area contributed by atoms with Crippen molar-refractivity contribution in [2.45, 2.75) is 4.90 Å². The Bertz CT molecular complexity index is 925. The summed E-state index contributed by atoms with van der Waals surface area (Å²) in [7, 11) is -1.49. The molecule has 7 nitrogen and oxygen atoms in total. The smallest absolute Gasteiger partial charge is 0.870 e. The van der Waals surface area contributed by atoms with E-state index in [1.165, 1.54) is 26.2 Å². The van der Waals surface area contributed by atoms with Gasteiger partial charge in [-0.25, -0.2) is 17.5 Å². The molecule has 0 radical (unpaired) electrons. The molecule has 0 unspecified atom stereocenters. The van der Waals surface area contributed by atoms with E-state index in [1.54, 1.807) is 24.3 Å². The maximum absolute atomic E-state index is 12.5. The summed E-state index contributed by atoms with van der Waals surface area (Å²) < 4.78 is 26.0. The van der Waals surface area contributed by atoms with Crippen molar-refractivity contribution in [1.29, 1.82) is 0 Å². The predicted octanol–water partition coefficient (Wildman–Crippen LogP) is 0.0744. The van der Waals surface area contributed by atoms with E-state index in [2.05, 4.69) is 26.6 Å². The Kier molecular flexibility index (Phi) is 8.40. The van der Waals surface area contributed by atoms with Gasteiger partial charge in [0.1, 0.15) is 0 Å². The molecule has 2 aromatic carbocycles. The van der Waals surface area contributed by atoms with Crippen molar-refractivity contribution >= 4 is 55.0 Å². The van der Waals surface area contributed by atoms with Crippen LogP contribution in [-0.4, -0.2) is 32.8 Å². The number of para-hydroxylation sites is 1. The van der Waals surface area contributed by atoms with Gasteiger partial charge < -0.3 is 15.7 Å². The molecular formula is C15H14BrClN3NaO4S. The van der Waals surface area contributed by atoms with E-state index in [1.807, 2.05) is 0 Å². The van der Waals surface area contributed by atoms with Gasteiger partial charge in [0.15, 0.2) is 0 Å². The van der Waals surface area contributed by atoms with Gasteiger partial charge in [-0.15, -0.1) is 0 Å². The minimum absolute atomic E-state index is 0. The summed E-state index contributed by atoms with van der Waals surface area (Å²) in [5.74, 6) is -0.886. The Labute approximate surface area is 187 Å². The molecule has 2 N–H and O–H groups in total. The van der Waals surface area contributed by atoms with E-state index in [4.69, 9.17) is 11.6 Å². The molecule has 2 rings (SSSR count). The van der Waals surface area contributed by atoms with Crippen LogP contribution in [0.5, 0.6) is 5.75 Å². The van der Waals surface area contributed by atoms with Gasteiger partial charge in [-0.05, 0) is 40.2 Å². The van der Waals surface area contributed by atoms with Crippen LogP contribution in [-0.2, 0) is 10.0 Å². The van der Waals surface area contributed by atoms with Crippen LogP contribution in [0.15, 0.2) is 45.8 Å². The van der Waals surface area contributed by atoms with Gasteiger partial charge in [0.25, 0.3) is 0 Å². The summed E-state index contributed by atoms with van der Waals surface area (Å²) in [6.07, 6.45) is 0. The first-order valence-electron chi connectivity index (χ1n) is 6.89. The summed E-state index contributed by atoms with van der Waals surface area (Å²) in [4.78, 5) is 11.5. The average molecular weight is 471 g/mol. The summed E-state index contributed by atoms with van der Waals surface area (Å²) in [5, 5.41) is 17.1. The number of hydrogen-bond acceptors (Lipinski definition) is 4. The second-order valence-corrected chi connectivity index (χ2v) is 8.45. The number of carbonyl (C=O) groups excluding carboxylic acids is 1. The number of sulfonamides is 1. The Morgan fingerprint density at radius 3 is 2.27 bits per heavy atom. The molecule has 0 bridgehead atoms. The first-order chi connectivity index (χ1) is 11.6. The van der Waals surface area contributed by atoms with Crippen LogP contribution in [0.3, 0.4) is 0 Å². The number of rotatable bonds is 4. The van der Waals surface area contributed by atoms with Crippen LogP contribution >= 0.6 is 27.5 Å². The van der Waals surface area contributed by atoms with Gasteiger partial charge in [-0.2, -0.15) is 0 Å². The number of amides is 2. The Morgan fingerprint density at radius 1 is 1.12 bits per heavy atom. The van der Waals surface area contributed by atoms with Crippen molar-refractivity contribution in [3.63, 3.8) is 0 Å². The van der Waals surface area contributed by atoms with E-state index in [0.717, 1.165) is 4.31 Å². The normalized spacial score (nSPS) is 11.0. The molecule has 0 atom stereocenters. The summed E-state index contributed by atoms with van der Waals surface area (Å²) in [6, 6.07) is 8.69. The van der Waals surface area contributed by atoms with Crippen LogP contribution in [0.1, 0.15) is 0 Å². The maximum atomic E-state index is 12.5. The van der Waals surface area contributed by atoms with Crippen molar-refractivity contribution in [1.82, 2.24) is 4.31 Å². The molecule has 134 valence electrons. The minimum Gasteiger partial charge on any atom is -0.870 e. The van der Waals surface area contributed by atoms with Crippen molar-refractivity contribution in [2.75, 3.05) is 24.7 Å². The predicted molar refractivity (Wildman–Crippen MR) is 98.6 cm³/mol. The number of hydrogen-bond donors (Lipinski definition) is 2. The molecule has 0 fully saturated rings. The standard InChI is InChI=1S/C15H15BrClN3O4S.Na/c1-20(2)25(23,24)14-10(17)7-8-12(13(14)21)19-15(22)18-11-6-4-3-5-9(11)16;/h3-8,21H,1-2H3,(H2,18,19,22);/q;+1/p-1. The van der Waals surface area contributed by atoms with Gasteiger partial charge >= 0.3 is 35.6 Å². The largest absolute Gasteiger partial charge is 1.00 e. The average Bonchev–Trinajstić information content (AvgIpc) is 2.52. The second kappa shape index (κ2) is 9.41. The van der Waals surface area contributed by atoms with E-state index in [9.17, 15) is 18.3 Å². The van der Waals surface area contributed by atoms with Gasteiger partial charge in [0, 0.05) is 24.3 Å². The third-order valence-corrected chi connectivity index (χ3v) is 6.17. The van der Waals surface area contributed by atoms with Crippen LogP contribution in [0, 0.1) is 0 Å². The summed E-state index contributed by atoms with van der Waals surface area (Å²) in [5.41, 5.74) is 0.289. The topological polar surface area (TPSA) is 102 Å². The number of nitrogens with one attached hydrogen (secondary N) is 2. The zero-order valence-corrected chi connectivity index (χ0v) is 19.4. The molecule has 2 aromatic rings. The molecule has 11 heteroatoms. The molecule has 0 spiro atoms. The Balaban J connectivity index is 0.00000338. The van der Waals surface area contributed by atoms with Crippen molar-refractivity contribution in [3.8, 4) is 5.75 Å². The SMILES string of the molecule is CN(C)S(=O)(=O)c1c(Cl)ccc(NC(=O)Nc2ccccc2Br)c1[O-].[Na+]. The molecule has 0 heterocycles. The van der Waals surface area contributed by atoms with Crippen LogP contribution in [0.4, 0.5) is 16.2 Å². The minimum atomic E-state index is -4.05. The molecule has 0 saturated carbocycles. The van der Waals surface area contributed by atoms with Crippen LogP contribution in [0.2, 0.25) is 5.02 Å². The van der Waals surface area contributed by atoms with E-state index >= 15 is 0 Å². The molecule has 26 heavy (non-hydrogen) atoms. The van der Waals surface area contributed by atoms with E-state index < -0.39 is 26.7 Å².